The summed E-state index contributed by atoms with van der Waals surface area (Å²) in [5.74, 6) is 0.254. The molecule has 0 saturated carbocycles. The van der Waals surface area contributed by atoms with Gasteiger partial charge in [0.15, 0.2) is 11.5 Å². The van der Waals surface area contributed by atoms with E-state index in [9.17, 15) is 19.8 Å². The number of ether oxygens (including phenoxy) is 2. The van der Waals surface area contributed by atoms with E-state index in [2.05, 4.69) is 10.3 Å². The van der Waals surface area contributed by atoms with E-state index < -0.39 is 5.97 Å². The number of aromatic nitrogens is 2. The molecule has 4 aromatic rings. The quantitative estimate of drug-likeness (QED) is 0.411. The lowest BCUT2D eigenvalue weighted by molar-refractivity contribution is -0.136. The molecule has 0 bridgehead atoms. The fourth-order valence-electron chi connectivity index (χ4n) is 4.07. The van der Waals surface area contributed by atoms with Crippen LogP contribution in [0.4, 0.5) is 5.69 Å². The number of rotatable bonds is 6. The summed E-state index contributed by atoms with van der Waals surface area (Å²) in [4.78, 5) is 26.8. The van der Waals surface area contributed by atoms with Gasteiger partial charge in [0.25, 0.3) is 0 Å². The molecule has 5 rings (SSSR count). The van der Waals surface area contributed by atoms with Crippen LogP contribution in [0.3, 0.4) is 0 Å². The molecule has 156 valence electrons. The Balaban J connectivity index is 1.76. The smallest absolute Gasteiger partial charge is 0.307 e. The van der Waals surface area contributed by atoms with Crippen molar-refractivity contribution >= 4 is 39.9 Å². The third kappa shape index (κ3) is 3.07. The Kier molecular flexibility index (Phi) is 4.36. The molecule has 2 aromatic heterocycles. The highest BCUT2D eigenvalue weighted by Crippen LogP contribution is 2.41. The van der Waals surface area contributed by atoms with Crippen molar-refractivity contribution in [2.24, 2.45) is 0 Å². The molecule has 0 aliphatic carbocycles. The molecule has 0 unspecified atom stereocenters. The van der Waals surface area contributed by atoms with Gasteiger partial charge in [0, 0.05) is 11.9 Å². The monoisotopic (exact) mass is 419 g/mol. The van der Waals surface area contributed by atoms with Crippen molar-refractivity contribution in [3.8, 4) is 17.2 Å². The summed E-state index contributed by atoms with van der Waals surface area (Å²) < 4.78 is 12.8. The largest absolute Gasteiger partial charge is 0.506 e. The topological polar surface area (TPSA) is 123 Å². The first-order chi connectivity index (χ1) is 15.1. The molecule has 31 heavy (non-hydrogen) atoms. The van der Waals surface area contributed by atoms with Gasteiger partial charge in [0.1, 0.15) is 5.75 Å². The molecule has 1 aliphatic rings. The summed E-state index contributed by atoms with van der Waals surface area (Å²) in [5, 5.41) is 23.5. The van der Waals surface area contributed by atoms with Crippen molar-refractivity contribution in [3.05, 3.63) is 53.9 Å². The van der Waals surface area contributed by atoms with Crippen LogP contribution in [0.5, 0.6) is 17.2 Å². The highest BCUT2D eigenvalue weighted by molar-refractivity contribution is 6.18. The van der Waals surface area contributed by atoms with E-state index in [4.69, 9.17) is 9.47 Å². The molecule has 0 radical (unpaired) electrons. The summed E-state index contributed by atoms with van der Waals surface area (Å²) in [6.07, 6.45) is 3.18. The summed E-state index contributed by atoms with van der Waals surface area (Å²) in [7, 11) is 0. The highest BCUT2D eigenvalue weighted by Gasteiger charge is 2.21. The number of pyridine rings is 1. The minimum atomic E-state index is -1.02. The number of aromatic hydroxyl groups is 1. The minimum Gasteiger partial charge on any atom is -0.506 e. The van der Waals surface area contributed by atoms with Crippen molar-refractivity contribution in [2.45, 2.75) is 13.0 Å². The van der Waals surface area contributed by atoms with Crippen LogP contribution >= 0.6 is 0 Å². The van der Waals surface area contributed by atoms with Crippen LogP contribution in [0, 0.1) is 0 Å². The SMILES string of the molecule is O=CNc1c(CC(=O)O)ccc2c1c1c(O)cncc1n2Cc1ccc2c(c1)OCO2. The molecule has 2 aromatic carbocycles. The normalized spacial score (nSPS) is 12.4. The number of carbonyl (C=O) groups is 2. The Morgan fingerprint density at radius 1 is 1.13 bits per heavy atom. The van der Waals surface area contributed by atoms with Crippen LogP contribution in [0.2, 0.25) is 0 Å². The number of carboxylic acid groups (broad SMARTS) is 1. The van der Waals surface area contributed by atoms with E-state index in [-0.39, 0.29) is 19.0 Å². The summed E-state index contributed by atoms with van der Waals surface area (Å²) >= 11 is 0. The number of amides is 1. The third-order valence-corrected chi connectivity index (χ3v) is 5.33. The van der Waals surface area contributed by atoms with Gasteiger partial charge in [0.05, 0.1) is 40.9 Å². The maximum Gasteiger partial charge on any atom is 0.307 e. The second-order valence-corrected chi connectivity index (χ2v) is 7.15. The van der Waals surface area contributed by atoms with Crippen LogP contribution in [0.25, 0.3) is 21.8 Å². The first kappa shape index (κ1) is 18.7. The summed E-state index contributed by atoms with van der Waals surface area (Å²) in [6, 6.07) is 9.10. The Bertz CT molecular complexity index is 1360. The lowest BCUT2D eigenvalue weighted by Gasteiger charge is -2.11. The van der Waals surface area contributed by atoms with Crippen LogP contribution in [0.1, 0.15) is 11.1 Å². The van der Waals surface area contributed by atoms with Crippen molar-refractivity contribution in [2.75, 3.05) is 12.1 Å². The first-order valence-electron chi connectivity index (χ1n) is 9.48. The number of hydrogen-bond acceptors (Lipinski definition) is 6. The molecule has 0 atom stereocenters. The Morgan fingerprint density at radius 2 is 1.97 bits per heavy atom. The second kappa shape index (κ2) is 7.21. The van der Waals surface area contributed by atoms with Gasteiger partial charge in [-0.1, -0.05) is 12.1 Å². The van der Waals surface area contributed by atoms with Gasteiger partial charge in [-0.2, -0.15) is 0 Å². The van der Waals surface area contributed by atoms with Gasteiger partial charge in [-0.25, -0.2) is 0 Å². The van der Waals surface area contributed by atoms with E-state index in [1.54, 1.807) is 18.3 Å². The maximum atomic E-state index is 11.3. The molecular formula is C22H17N3O6. The maximum absolute atomic E-state index is 11.3. The predicted molar refractivity (Wildman–Crippen MR) is 112 cm³/mol. The van der Waals surface area contributed by atoms with Crippen LogP contribution in [0.15, 0.2) is 42.7 Å². The van der Waals surface area contributed by atoms with Gasteiger partial charge in [-0.05, 0) is 29.3 Å². The molecule has 0 fully saturated rings. The number of anilines is 1. The zero-order valence-electron chi connectivity index (χ0n) is 16.2. The van der Waals surface area contributed by atoms with Gasteiger partial charge < -0.3 is 29.6 Å². The zero-order chi connectivity index (χ0) is 21.5. The third-order valence-electron chi connectivity index (χ3n) is 5.33. The first-order valence-corrected chi connectivity index (χ1v) is 9.48. The lowest BCUT2D eigenvalue weighted by Crippen LogP contribution is -2.06. The summed E-state index contributed by atoms with van der Waals surface area (Å²) in [5.41, 5.74) is 3.09. The Morgan fingerprint density at radius 3 is 2.77 bits per heavy atom. The van der Waals surface area contributed by atoms with E-state index in [1.807, 2.05) is 22.8 Å². The van der Waals surface area contributed by atoms with Crippen LogP contribution in [-0.2, 0) is 22.6 Å². The summed E-state index contributed by atoms with van der Waals surface area (Å²) in [6.45, 7) is 0.611. The number of benzene rings is 2. The number of aliphatic carboxylic acids is 1. The molecule has 0 saturated heterocycles. The predicted octanol–water partition coefficient (Wildman–Crippen LogP) is 2.87. The van der Waals surface area contributed by atoms with Gasteiger partial charge >= 0.3 is 5.97 Å². The van der Waals surface area contributed by atoms with Gasteiger partial charge in [-0.15, -0.1) is 0 Å². The average molecular weight is 419 g/mol. The zero-order valence-corrected chi connectivity index (χ0v) is 16.2. The molecule has 9 heteroatoms. The van der Waals surface area contributed by atoms with Crippen LogP contribution in [-0.4, -0.2) is 38.9 Å². The number of carbonyl (C=O) groups excluding carboxylic acids is 1. The van der Waals surface area contributed by atoms with E-state index in [1.165, 1.54) is 6.20 Å². The lowest BCUT2D eigenvalue weighted by atomic mass is 10.0. The van der Waals surface area contributed by atoms with Crippen molar-refractivity contribution in [1.29, 1.82) is 0 Å². The molecule has 0 spiro atoms. The molecular weight excluding hydrogens is 402 g/mol. The molecule has 1 amide bonds. The fraction of sp³-hybridized carbons (Fsp3) is 0.136. The fourth-order valence-corrected chi connectivity index (χ4v) is 4.07. The number of carboxylic acids is 1. The van der Waals surface area contributed by atoms with Gasteiger partial charge in [0.2, 0.25) is 13.2 Å². The molecule has 3 N–H and O–H groups in total. The van der Waals surface area contributed by atoms with E-state index in [0.29, 0.717) is 52.0 Å². The Hall–Kier alpha value is -4.27. The van der Waals surface area contributed by atoms with Gasteiger partial charge in [-0.3, -0.25) is 14.6 Å². The number of fused-ring (bicyclic) bond motifs is 4. The molecule has 1 aliphatic heterocycles. The number of nitrogens with one attached hydrogen (secondary N) is 1. The average Bonchev–Trinajstić information content (AvgIpc) is 3.33. The van der Waals surface area contributed by atoms with Crippen molar-refractivity contribution in [1.82, 2.24) is 9.55 Å². The Labute approximate surface area is 175 Å². The number of nitrogens with zero attached hydrogens (tertiary/aromatic N) is 2. The van der Waals surface area contributed by atoms with E-state index >= 15 is 0 Å². The number of hydrogen-bond donors (Lipinski definition) is 3. The standard InChI is InChI=1S/C22H17N3O6/c26-10-24-22-13(6-19(28)29)2-3-14-21(22)20-15(7-23-8-16(20)27)25(14)9-12-1-4-17-18(5-12)31-11-30-17/h1-5,7-8,10,27H,6,9,11H2,(H,24,26)(H,28,29). The second-order valence-electron chi connectivity index (χ2n) is 7.15. The van der Waals surface area contributed by atoms with E-state index in [0.717, 1.165) is 11.1 Å². The highest BCUT2D eigenvalue weighted by atomic mass is 16.7. The van der Waals surface area contributed by atoms with Crippen molar-refractivity contribution in [3.63, 3.8) is 0 Å². The van der Waals surface area contributed by atoms with Crippen LogP contribution < -0.4 is 14.8 Å². The van der Waals surface area contributed by atoms with Crippen molar-refractivity contribution < 1.29 is 29.3 Å². The molecule has 3 heterocycles. The molecule has 9 nitrogen and oxygen atoms in total. The minimum absolute atomic E-state index is 0.0617.